The lowest BCUT2D eigenvalue weighted by Gasteiger charge is -2.15. The van der Waals surface area contributed by atoms with Crippen LogP contribution in [0.1, 0.15) is 13.3 Å². The molecule has 0 radical (unpaired) electrons. The fourth-order valence-corrected chi connectivity index (χ4v) is 4.26. The number of halogens is 2. The van der Waals surface area contributed by atoms with Gasteiger partial charge in [-0.25, -0.2) is 32.2 Å². The molecule has 0 atom stereocenters. The van der Waals surface area contributed by atoms with Crippen LogP contribution < -0.4 is 10.0 Å². The molecule has 31 heavy (non-hydrogen) atoms. The third-order valence-electron chi connectivity index (χ3n) is 4.49. The second-order valence-electron chi connectivity index (χ2n) is 6.70. The van der Waals surface area contributed by atoms with E-state index >= 15 is 4.39 Å². The molecule has 2 heterocycles. The molecule has 0 spiro atoms. The highest BCUT2D eigenvalue weighted by atomic mass is 32.2. The molecule has 0 saturated carbocycles. The molecule has 0 aliphatic heterocycles. The Labute approximate surface area is 176 Å². The Balaban J connectivity index is 1.76. The Morgan fingerprint density at radius 3 is 2.65 bits per heavy atom. The number of sulfonamides is 1. The summed E-state index contributed by atoms with van der Waals surface area (Å²) in [5.41, 5.74) is 1.55. The minimum atomic E-state index is -3.75. The smallest absolute Gasteiger partial charge is 0.232 e. The van der Waals surface area contributed by atoms with E-state index in [0.717, 1.165) is 12.1 Å². The largest absolute Gasteiger partial charge is 0.350 e. The number of H-pyrrole nitrogens is 1. The van der Waals surface area contributed by atoms with Crippen LogP contribution in [-0.4, -0.2) is 34.1 Å². The van der Waals surface area contributed by atoms with Crippen LogP contribution in [0.2, 0.25) is 0 Å². The van der Waals surface area contributed by atoms with Gasteiger partial charge in [-0.1, -0.05) is 25.1 Å². The van der Waals surface area contributed by atoms with Gasteiger partial charge in [-0.2, -0.15) is 0 Å². The molecule has 160 valence electrons. The zero-order valence-corrected chi connectivity index (χ0v) is 17.2. The van der Waals surface area contributed by atoms with Gasteiger partial charge in [-0.15, -0.1) is 0 Å². The molecule has 0 saturated heterocycles. The fraction of sp³-hybridized carbons (Fsp3) is 0.150. The zero-order chi connectivity index (χ0) is 22.0. The molecular weight excluding hydrogens is 426 g/mol. The van der Waals surface area contributed by atoms with E-state index in [1.54, 1.807) is 31.2 Å². The van der Waals surface area contributed by atoms with Gasteiger partial charge in [0.1, 0.15) is 29.0 Å². The maximum absolute atomic E-state index is 15.1. The maximum atomic E-state index is 15.1. The van der Waals surface area contributed by atoms with Crippen molar-refractivity contribution in [1.29, 1.82) is 0 Å². The van der Waals surface area contributed by atoms with Crippen molar-refractivity contribution in [1.82, 2.24) is 19.9 Å². The van der Waals surface area contributed by atoms with E-state index in [0.29, 0.717) is 34.5 Å². The first-order valence-corrected chi connectivity index (χ1v) is 11.0. The van der Waals surface area contributed by atoms with Crippen LogP contribution in [0, 0.1) is 11.6 Å². The van der Waals surface area contributed by atoms with Crippen LogP contribution in [0.15, 0.2) is 49.1 Å². The summed E-state index contributed by atoms with van der Waals surface area (Å²) in [4.78, 5) is 15.5. The Hall–Kier alpha value is -3.60. The summed E-state index contributed by atoms with van der Waals surface area (Å²) in [6.45, 7) is 1.69. The zero-order valence-electron chi connectivity index (χ0n) is 16.4. The lowest BCUT2D eigenvalue weighted by atomic mass is 10.1. The van der Waals surface area contributed by atoms with Gasteiger partial charge in [0.05, 0.1) is 17.8 Å². The normalized spacial score (nSPS) is 11.6. The van der Waals surface area contributed by atoms with Gasteiger partial charge in [0, 0.05) is 11.3 Å². The molecule has 2 aromatic carbocycles. The number of aromatic nitrogens is 4. The summed E-state index contributed by atoms with van der Waals surface area (Å²) in [6.07, 6.45) is 3.19. The predicted molar refractivity (Wildman–Crippen MR) is 114 cm³/mol. The van der Waals surface area contributed by atoms with Crippen molar-refractivity contribution in [2.75, 3.05) is 15.8 Å². The molecule has 0 aliphatic carbocycles. The number of benzene rings is 2. The summed E-state index contributed by atoms with van der Waals surface area (Å²) in [5, 5.41) is 2.74. The molecule has 11 heteroatoms. The summed E-state index contributed by atoms with van der Waals surface area (Å²) < 4.78 is 55.8. The highest BCUT2D eigenvalue weighted by Gasteiger charge is 2.20. The van der Waals surface area contributed by atoms with Gasteiger partial charge in [0.25, 0.3) is 0 Å². The molecule has 3 N–H and O–H groups in total. The number of anilines is 3. The van der Waals surface area contributed by atoms with Crippen LogP contribution in [0.5, 0.6) is 0 Å². The number of imidazole rings is 1. The Morgan fingerprint density at radius 1 is 1.03 bits per heavy atom. The molecule has 4 rings (SSSR count). The Bertz CT molecular complexity index is 1360. The van der Waals surface area contributed by atoms with Crippen molar-refractivity contribution in [3.8, 4) is 11.3 Å². The minimum Gasteiger partial charge on any atom is -0.350 e. The number of aromatic amines is 1. The van der Waals surface area contributed by atoms with Gasteiger partial charge < -0.3 is 10.3 Å². The van der Waals surface area contributed by atoms with Crippen molar-refractivity contribution in [3.63, 3.8) is 0 Å². The summed E-state index contributed by atoms with van der Waals surface area (Å²) in [7, 11) is -3.75. The quantitative estimate of drug-likeness (QED) is 0.394. The van der Waals surface area contributed by atoms with E-state index in [1.807, 2.05) is 0 Å². The van der Waals surface area contributed by atoms with Crippen LogP contribution in [0.4, 0.5) is 25.8 Å². The van der Waals surface area contributed by atoms with E-state index in [-0.39, 0.29) is 11.4 Å². The molecule has 8 nitrogen and oxygen atoms in total. The first-order chi connectivity index (χ1) is 14.9. The number of para-hydroxylation sites is 1. The number of fused-ring (bicyclic) bond motifs is 1. The van der Waals surface area contributed by atoms with Crippen molar-refractivity contribution in [2.45, 2.75) is 13.3 Å². The number of rotatable bonds is 7. The second-order valence-corrected chi connectivity index (χ2v) is 8.54. The topological polar surface area (TPSA) is 113 Å². The van der Waals surface area contributed by atoms with E-state index < -0.39 is 27.3 Å². The summed E-state index contributed by atoms with van der Waals surface area (Å²) in [5.74, 6) is -2.11. The van der Waals surface area contributed by atoms with Crippen molar-refractivity contribution >= 4 is 38.2 Å². The van der Waals surface area contributed by atoms with Crippen LogP contribution in [-0.2, 0) is 10.0 Å². The van der Waals surface area contributed by atoms with Gasteiger partial charge in [0.2, 0.25) is 10.0 Å². The third kappa shape index (κ3) is 4.17. The maximum Gasteiger partial charge on any atom is 0.232 e. The molecule has 0 amide bonds. The molecule has 4 aromatic rings. The Kier molecular flexibility index (Phi) is 5.51. The number of hydrogen-bond acceptors (Lipinski definition) is 6. The molecular formula is C20H18F2N6O2S. The standard InChI is InChI=1S/C20H18F2N6O2S/c1-2-9-31(29,30)28-15-8-7-13(21)18(16(15)22)27-14-6-4-3-5-12(14)17-19-20(25-10-23-17)26-11-24-19/h3-8,10-11,27-28H,2,9H2,1H3,(H,23,24,25,26). The fourth-order valence-electron chi connectivity index (χ4n) is 3.13. The van der Waals surface area contributed by atoms with Gasteiger partial charge in [0.15, 0.2) is 11.5 Å². The molecule has 0 fully saturated rings. The lowest BCUT2D eigenvalue weighted by molar-refractivity contribution is 0.588. The first kappa shape index (κ1) is 20.7. The molecule has 2 aromatic heterocycles. The second kappa shape index (κ2) is 8.26. The van der Waals surface area contributed by atoms with E-state index in [4.69, 9.17) is 0 Å². The molecule has 0 unspecified atom stereocenters. The van der Waals surface area contributed by atoms with Gasteiger partial charge in [-0.05, 0) is 24.6 Å². The van der Waals surface area contributed by atoms with Crippen LogP contribution in [0.3, 0.4) is 0 Å². The Morgan fingerprint density at radius 2 is 1.84 bits per heavy atom. The van der Waals surface area contributed by atoms with Gasteiger partial charge >= 0.3 is 0 Å². The van der Waals surface area contributed by atoms with Crippen molar-refractivity contribution < 1.29 is 17.2 Å². The minimum absolute atomic E-state index is 0.178. The number of nitrogens with one attached hydrogen (secondary N) is 3. The summed E-state index contributed by atoms with van der Waals surface area (Å²) >= 11 is 0. The monoisotopic (exact) mass is 444 g/mol. The number of hydrogen-bond donors (Lipinski definition) is 3. The van der Waals surface area contributed by atoms with Crippen molar-refractivity contribution in [3.05, 3.63) is 60.7 Å². The molecule has 0 bridgehead atoms. The first-order valence-electron chi connectivity index (χ1n) is 9.38. The van der Waals surface area contributed by atoms with E-state index in [9.17, 15) is 12.8 Å². The molecule has 0 aliphatic rings. The lowest BCUT2D eigenvalue weighted by Crippen LogP contribution is -2.17. The van der Waals surface area contributed by atoms with Gasteiger partial charge in [-0.3, -0.25) is 4.72 Å². The average Bonchev–Trinajstić information content (AvgIpc) is 3.22. The average molecular weight is 444 g/mol. The third-order valence-corrected chi connectivity index (χ3v) is 5.97. The van der Waals surface area contributed by atoms with Crippen LogP contribution in [0.25, 0.3) is 22.4 Å². The van der Waals surface area contributed by atoms with E-state index in [1.165, 1.54) is 12.7 Å². The predicted octanol–water partition coefficient (Wildman–Crippen LogP) is 4.19. The highest BCUT2D eigenvalue weighted by molar-refractivity contribution is 7.92. The van der Waals surface area contributed by atoms with Crippen molar-refractivity contribution in [2.24, 2.45) is 0 Å². The highest BCUT2D eigenvalue weighted by Crippen LogP contribution is 2.35. The van der Waals surface area contributed by atoms with E-state index in [2.05, 4.69) is 30.0 Å². The SMILES string of the molecule is CCCS(=O)(=O)Nc1ccc(F)c(Nc2ccccc2-c2ncnc3[nH]cnc23)c1F. The summed E-state index contributed by atoms with van der Waals surface area (Å²) in [6, 6.07) is 8.84. The van der Waals surface area contributed by atoms with Crippen LogP contribution >= 0.6 is 0 Å². The number of nitrogens with zero attached hydrogens (tertiary/aromatic N) is 3.